The Hall–Kier alpha value is -0.790. The van der Waals surface area contributed by atoms with Gasteiger partial charge in [0.25, 0.3) is 0 Å². The number of hydrogen-bond acceptors (Lipinski definition) is 2. The smallest absolute Gasteiger partial charge is 0.180 e. The van der Waals surface area contributed by atoms with Gasteiger partial charge < -0.3 is 4.74 Å². The van der Waals surface area contributed by atoms with Gasteiger partial charge in [-0.3, -0.25) is 5.41 Å². The number of ether oxygens (including phenoxy) is 1. The molecule has 0 saturated carbocycles. The molecule has 0 fully saturated rings. The molecule has 0 aliphatic carbocycles. The molecule has 0 aromatic carbocycles. The van der Waals surface area contributed by atoms with Crippen LogP contribution >= 0.6 is 0 Å². The van der Waals surface area contributed by atoms with Crippen molar-refractivity contribution in [3.63, 3.8) is 0 Å². The quantitative estimate of drug-likeness (QED) is 0.266. The van der Waals surface area contributed by atoms with Gasteiger partial charge in [0.1, 0.15) is 0 Å². The Morgan fingerprint density at radius 1 is 1.78 bits per heavy atom. The topological polar surface area (TPSA) is 33.1 Å². The van der Waals surface area contributed by atoms with E-state index in [0.717, 1.165) is 19.3 Å². The highest BCUT2D eigenvalue weighted by Crippen LogP contribution is 1.96. The molecule has 1 N–H and O–H groups in total. The molecule has 0 unspecified atom stereocenters. The average Bonchev–Trinajstić information content (AvgIpc) is 1.89. The predicted molar refractivity (Wildman–Crippen MR) is 38.8 cm³/mol. The third kappa shape index (κ3) is 5.07. The summed E-state index contributed by atoms with van der Waals surface area (Å²) in [7, 11) is 1.52. The van der Waals surface area contributed by atoms with Gasteiger partial charge in [0.2, 0.25) is 0 Å². The summed E-state index contributed by atoms with van der Waals surface area (Å²) in [5, 5.41) is 7.06. The monoisotopic (exact) mass is 127 g/mol. The molecule has 0 aliphatic heterocycles. The van der Waals surface area contributed by atoms with E-state index in [1.165, 1.54) is 7.11 Å². The van der Waals surface area contributed by atoms with E-state index in [1.807, 2.05) is 6.08 Å². The van der Waals surface area contributed by atoms with Crippen LogP contribution in [0.5, 0.6) is 0 Å². The van der Waals surface area contributed by atoms with E-state index < -0.39 is 0 Å². The highest BCUT2D eigenvalue weighted by Gasteiger charge is 1.91. The maximum atomic E-state index is 7.06. The minimum atomic E-state index is 0.358. The summed E-state index contributed by atoms with van der Waals surface area (Å²) in [6.45, 7) is 3.57. The molecule has 2 heteroatoms. The Labute approximate surface area is 56.0 Å². The van der Waals surface area contributed by atoms with E-state index in [1.54, 1.807) is 0 Å². The second-order valence-corrected chi connectivity index (χ2v) is 1.81. The van der Waals surface area contributed by atoms with E-state index in [-0.39, 0.29) is 0 Å². The third-order valence-electron chi connectivity index (χ3n) is 1.06. The molecule has 0 aromatic heterocycles. The molecule has 0 saturated heterocycles. The lowest BCUT2D eigenvalue weighted by atomic mass is 10.2. The predicted octanol–water partition coefficient (Wildman–Crippen LogP) is 1.97. The third-order valence-corrected chi connectivity index (χ3v) is 1.06. The molecular weight excluding hydrogens is 114 g/mol. The van der Waals surface area contributed by atoms with Crippen LogP contribution in [-0.4, -0.2) is 13.0 Å². The van der Waals surface area contributed by atoms with Gasteiger partial charge in [0.15, 0.2) is 5.90 Å². The van der Waals surface area contributed by atoms with Crippen molar-refractivity contribution >= 4 is 5.90 Å². The maximum Gasteiger partial charge on any atom is 0.180 e. The molecule has 0 amide bonds. The van der Waals surface area contributed by atoms with Crippen LogP contribution in [0.15, 0.2) is 12.7 Å². The van der Waals surface area contributed by atoms with E-state index >= 15 is 0 Å². The van der Waals surface area contributed by atoms with Crippen molar-refractivity contribution in [1.82, 2.24) is 0 Å². The van der Waals surface area contributed by atoms with Crippen molar-refractivity contribution < 1.29 is 4.74 Å². The Morgan fingerprint density at radius 3 is 2.89 bits per heavy atom. The first-order valence-corrected chi connectivity index (χ1v) is 3.03. The van der Waals surface area contributed by atoms with Crippen molar-refractivity contribution in [2.45, 2.75) is 19.3 Å². The summed E-state index contributed by atoms with van der Waals surface area (Å²) in [4.78, 5) is 0. The number of unbranched alkanes of at least 4 members (excludes halogenated alkanes) is 1. The Kier molecular flexibility index (Phi) is 4.88. The molecule has 9 heavy (non-hydrogen) atoms. The van der Waals surface area contributed by atoms with E-state index in [0.29, 0.717) is 5.90 Å². The van der Waals surface area contributed by atoms with Gasteiger partial charge >= 0.3 is 0 Å². The van der Waals surface area contributed by atoms with Crippen molar-refractivity contribution in [3.8, 4) is 0 Å². The van der Waals surface area contributed by atoms with Crippen molar-refractivity contribution in [2.24, 2.45) is 0 Å². The van der Waals surface area contributed by atoms with Gasteiger partial charge in [-0.15, -0.1) is 6.58 Å². The molecule has 0 spiro atoms. The summed E-state index contributed by atoms with van der Waals surface area (Å²) >= 11 is 0. The number of methoxy groups -OCH3 is 1. The molecular formula is C7H13NO. The van der Waals surface area contributed by atoms with Crippen molar-refractivity contribution in [2.75, 3.05) is 7.11 Å². The normalized spacial score (nSPS) is 8.56. The molecule has 0 bridgehead atoms. The highest BCUT2D eigenvalue weighted by molar-refractivity contribution is 5.72. The molecule has 0 radical (unpaired) electrons. The van der Waals surface area contributed by atoms with Gasteiger partial charge in [-0.2, -0.15) is 0 Å². The molecule has 2 nitrogen and oxygen atoms in total. The lowest BCUT2D eigenvalue weighted by molar-refractivity contribution is 0.384. The fourth-order valence-corrected chi connectivity index (χ4v) is 0.509. The molecule has 0 atom stereocenters. The van der Waals surface area contributed by atoms with Crippen LogP contribution in [0, 0.1) is 5.41 Å². The average molecular weight is 127 g/mol. The number of nitrogens with one attached hydrogen (secondary N) is 1. The van der Waals surface area contributed by atoms with Crippen LogP contribution < -0.4 is 0 Å². The van der Waals surface area contributed by atoms with Crippen LogP contribution in [0.3, 0.4) is 0 Å². The summed E-state index contributed by atoms with van der Waals surface area (Å²) < 4.78 is 4.65. The zero-order chi connectivity index (χ0) is 7.11. The molecule has 0 heterocycles. The highest BCUT2D eigenvalue weighted by atomic mass is 16.5. The second-order valence-electron chi connectivity index (χ2n) is 1.81. The Morgan fingerprint density at radius 2 is 2.44 bits per heavy atom. The summed E-state index contributed by atoms with van der Waals surface area (Å²) in [5.41, 5.74) is 0. The number of rotatable bonds is 4. The lowest BCUT2D eigenvalue weighted by Crippen LogP contribution is -1.97. The summed E-state index contributed by atoms with van der Waals surface area (Å²) in [6, 6.07) is 0. The van der Waals surface area contributed by atoms with Crippen molar-refractivity contribution in [1.29, 1.82) is 5.41 Å². The first kappa shape index (κ1) is 8.21. The largest absolute Gasteiger partial charge is 0.484 e. The summed E-state index contributed by atoms with van der Waals surface area (Å²) in [5.74, 6) is 0.358. The maximum absolute atomic E-state index is 7.06. The van der Waals surface area contributed by atoms with Crippen LogP contribution in [-0.2, 0) is 4.74 Å². The van der Waals surface area contributed by atoms with E-state index in [4.69, 9.17) is 5.41 Å². The minimum Gasteiger partial charge on any atom is -0.484 e. The van der Waals surface area contributed by atoms with Gasteiger partial charge in [-0.05, 0) is 12.8 Å². The zero-order valence-corrected chi connectivity index (χ0v) is 5.81. The molecule has 52 valence electrons. The van der Waals surface area contributed by atoms with Crippen LogP contribution in [0.4, 0.5) is 0 Å². The van der Waals surface area contributed by atoms with Crippen LogP contribution in [0.25, 0.3) is 0 Å². The number of allylic oxidation sites excluding steroid dienone is 1. The fourth-order valence-electron chi connectivity index (χ4n) is 0.509. The van der Waals surface area contributed by atoms with E-state index in [2.05, 4.69) is 11.3 Å². The first-order chi connectivity index (χ1) is 4.31. The van der Waals surface area contributed by atoms with Crippen LogP contribution in [0.1, 0.15) is 19.3 Å². The minimum absolute atomic E-state index is 0.358. The van der Waals surface area contributed by atoms with Gasteiger partial charge in [-0.1, -0.05) is 6.08 Å². The van der Waals surface area contributed by atoms with Crippen molar-refractivity contribution in [3.05, 3.63) is 12.7 Å². The molecule has 0 aliphatic rings. The SMILES string of the molecule is C=CCCCC(=N)OC. The van der Waals surface area contributed by atoms with Gasteiger partial charge in [0, 0.05) is 6.42 Å². The Balaban J connectivity index is 3.06. The Bertz CT molecular complexity index is 99.1. The first-order valence-electron chi connectivity index (χ1n) is 3.03. The van der Waals surface area contributed by atoms with Gasteiger partial charge in [0.05, 0.1) is 7.11 Å². The number of hydrogen-bond donors (Lipinski definition) is 1. The standard InChI is InChI=1S/C7H13NO/c1-3-4-5-6-7(8)9-2/h3,8H,1,4-6H2,2H3. The van der Waals surface area contributed by atoms with Crippen LogP contribution in [0.2, 0.25) is 0 Å². The van der Waals surface area contributed by atoms with E-state index in [9.17, 15) is 0 Å². The lowest BCUT2D eigenvalue weighted by Gasteiger charge is -1.98. The molecule has 0 rings (SSSR count). The fraction of sp³-hybridized carbons (Fsp3) is 0.571. The second kappa shape index (κ2) is 5.35. The van der Waals surface area contributed by atoms with Gasteiger partial charge in [-0.25, -0.2) is 0 Å². The zero-order valence-electron chi connectivity index (χ0n) is 5.81. The molecule has 0 aromatic rings. The summed E-state index contributed by atoms with van der Waals surface area (Å²) in [6.07, 6.45) is 4.51.